The van der Waals surface area contributed by atoms with Gasteiger partial charge in [0.15, 0.2) is 0 Å². The molecule has 0 saturated heterocycles. The first-order chi connectivity index (χ1) is 10.3. The molecule has 108 valence electrons. The molecule has 0 aliphatic carbocycles. The molecule has 3 rings (SSSR count). The molecule has 21 heavy (non-hydrogen) atoms. The molecule has 0 aromatic carbocycles. The SMILES string of the molecule is CC[C@H](C(=O)NCc1cnn2ccccc12)n1cccn1. The molecule has 3 aromatic heterocycles. The Hall–Kier alpha value is -2.63. The van der Waals surface area contributed by atoms with Crippen LogP contribution in [0, 0.1) is 0 Å². The van der Waals surface area contributed by atoms with Crippen LogP contribution in [0.25, 0.3) is 5.52 Å². The molecule has 0 aliphatic heterocycles. The molecular formula is C15H17N5O. The fraction of sp³-hybridized carbons (Fsp3) is 0.267. The van der Waals surface area contributed by atoms with E-state index in [1.807, 2.05) is 43.6 Å². The normalized spacial score (nSPS) is 12.4. The number of carbonyl (C=O) groups is 1. The van der Waals surface area contributed by atoms with Gasteiger partial charge in [-0.05, 0) is 24.6 Å². The maximum absolute atomic E-state index is 12.3. The first kappa shape index (κ1) is 13.4. The molecule has 0 spiro atoms. The van der Waals surface area contributed by atoms with Crippen molar-refractivity contribution in [1.82, 2.24) is 24.7 Å². The molecule has 6 nitrogen and oxygen atoms in total. The fourth-order valence-electron chi connectivity index (χ4n) is 2.38. The molecular weight excluding hydrogens is 266 g/mol. The highest BCUT2D eigenvalue weighted by Crippen LogP contribution is 2.12. The number of nitrogens with zero attached hydrogens (tertiary/aromatic N) is 4. The van der Waals surface area contributed by atoms with Crippen LogP contribution in [0.4, 0.5) is 0 Å². The summed E-state index contributed by atoms with van der Waals surface area (Å²) in [5.74, 6) is -0.0310. The number of carbonyl (C=O) groups excluding carboxylic acids is 1. The van der Waals surface area contributed by atoms with E-state index in [1.165, 1.54) is 0 Å². The summed E-state index contributed by atoms with van der Waals surface area (Å²) >= 11 is 0. The van der Waals surface area contributed by atoms with Crippen molar-refractivity contribution < 1.29 is 4.79 Å². The first-order valence-corrected chi connectivity index (χ1v) is 6.97. The molecule has 0 aliphatic rings. The third-order valence-electron chi connectivity index (χ3n) is 3.49. The second-order valence-electron chi connectivity index (χ2n) is 4.83. The summed E-state index contributed by atoms with van der Waals surface area (Å²) < 4.78 is 3.48. The largest absolute Gasteiger partial charge is 0.350 e. The molecule has 3 aromatic rings. The van der Waals surface area contributed by atoms with E-state index in [9.17, 15) is 4.79 Å². The van der Waals surface area contributed by atoms with E-state index in [1.54, 1.807) is 21.6 Å². The van der Waals surface area contributed by atoms with Crippen LogP contribution >= 0.6 is 0 Å². The van der Waals surface area contributed by atoms with Crippen molar-refractivity contribution in [3.63, 3.8) is 0 Å². The molecule has 6 heteroatoms. The standard InChI is InChI=1S/C15H17N5O/c1-2-13(19-9-5-7-17-19)15(21)16-10-12-11-18-20-8-4-3-6-14(12)20/h3-9,11,13H,2,10H2,1H3,(H,16,21)/t13-/m1/s1. The topological polar surface area (TPSA) is 64.2 Å². The van der Waals surface area contributed by atoms with E-state index < -0.39 is 0 Å². The quantitative estimate of drug-likeness (QED) is 0.776. The molecule has 0 saturated carbocycles. The van der Waals surface area contributed by atoms with Gasteiger partial charge in [-0.25, -0.2) is 4.52 Å². The number of pyridine rings is 1. The van der Waals surface area contributed by atoms with Crippen molar-refractivity contribution in [3.05, 3.63) is 54.6 Å². The molecule has 0 radical (unpaired) electrons. The van der Waals surface area contributed by atoms with Gasteiger partial charge < -0.3 is 5.32 Å². The van der Waals surface area contributed by atoms with Gasteiger partial charge in [0.25, 0.3) is 0 Å². The zero-order valence-electron chi connectivity index (χ0n) is 11.8. The fourth-order valence-corrected chi connectivity index (χ4v) is 2.38. The zero-order valence-corrected chi connectivity index (χ0v) is 11.8. The van der Waals surface area contributed by atoms with Crippen molar-refractivity contribution in [2.45, 2.75) is 25.9 Å². The molecule has 1 atom stereocenters. The van der Waals surface area contributed by atoms with Crippen molar-refractivity contribution >= 4 is 11.4 Å². The predicted molar refractivity (Wildman–Crippen MR) is 78.6 cm³/mol. The number of hydrogen-bond acceptors (Lipinski definition) is 3. The number of rotatable bonds is 5. The van der Waals surface area contributed by atoms with Crippen LogP contribution in [-0.4, -0.2) is 25.3 Å². The lowest BCUT2D eigenvalue weighted by molar-refractivity contribution is -0.124. The van der Waals surface area contributed by atoms with E-state index >= 15 is 0 Å². The van der Waals surface area contributed by atoms with Crippen LogP contribution in [0.5, 0.6) is 0 Å². The average Bonchev–Trinajstić information content (AvgIpc) is 3.15. The summed E-state index contributed by atoms with van der Waals surface area (Å²) in [5, 5.41) is 11.4. The molecule has 0 unspecified atom stereocenters. The summed E-state index contributed by atoms with van der Waals surface area (Å²) in [6, 6.07) is 7.41. The van der Waals surface area contributed by atoms with Crippen molar-refractivity contribution in [2.75, 3.05) is 0 Å². The van der Waals surface area contributed by atoms with Crippen molar-refractivity contribution in [3.8, 4) is 0 Å². The van der Waals surface area contributed by atoms with Crippen LogP contribution < -0.4 is 5.32 Å². The Kier molecular flexibility index (Phi) is 3.68. The van der Waals surface area contributed by atoms with Gasteiger partial charge in [-0.1, -0.05) is 13.0 Å². The zero-order chi connectivity index (χ0) is 14.7. The smallest absolute Gasteiger partial charge is 0.245 e. The average molecular weight is 283 g/mol. The second kappa shape index (κ2) is 5.78. The van der Waals surface area contributed by atoms with E-state index in [0.29, 0.717) is 13.0 Å². The van der Waals surface area contributed by atoms with Crippen LogP contribution in [0.3, 0.4) is 0 Å². The lowest BCUT2D eigenvalue weighted by Gasteiger charge is -2.15. The minimum Gasteiger partial charge on any atom is -0.350 e. The minimum atomic E-state index is -0.276. The highest BCUT2D eigenvalue weighted by molar-refractivity contribution is 5.80. The van der Waals surface area contributed by atoms with Gasteiger partial charge in [-0.2, -0.15) is 10.2 Å². The number of fused-ring (bicyclic) bond motifs is 1. The van der Waals surface area contributed by atoms with Crippen LogP contribution in [-0.2, 0) is 11.3 Å². The Balaban J connectivity index is 1.71. The first-order valence-electron chi connectivity index (χ1n) is 6.97. The summed E-state index contributed by atoms with van der Waals surface area (Å²) in [4.78, 5) is 12.3. The third-order valence-corrected chi connectivity index (χ3v) is 3.49. The minimum absolute atomic E-state index is 0.0310. The van der Waals surface area contributed by atoms with Gasteiger partial charge in [0.05, 0.1) is 11.7 Å². The Bertz CT molecular complexity index is 731. The lowest BCUT2D eigenvalue weighted by Crippen LogP contribution is -2.32. The maximum atomic E-state index is 12.3. The van der Waals surface area contributed by atoms with Gasteiger partial charge in [-0.3, -0.25) is 9.48 Å². The van der Waals surface area contributed by atoms with Gasteiger partial charge in [0.2, 0.25) is 5.91 Å². The van der Waals surface area contributed by atoms with E-state index in [0.717, 1.165) is 11.1 Å². The van der Waals surface area contributed by atoms with Crippen molar-refractivity contribution in [2.24, 2.45) is 0 Å². The number of hydrogen-bond donors (Lipinski definition) is 1. The molecule has 0 fully saturated rings. The maximum Gasteiger partial charge on any atom is 0.245 e. The van der Waals surface area contributed by atoms with E-state index in [4.69, 9.17) is 0 Å². The predicted octanol–water partition coefficient (Wildman–Crippen LogP) is 1.80. The van der Waals surface area contributed by atoms with Crippen LogP contribution in [0.2, 0.25) is 0 Å². The van der Waals surface area contributed by atoms with E-state index in [-0.39, 0.29) is 11.9 Å². The Morgan fingerprint density at radius 3 is 2.95 bits per heavy atom. The summed E-state index contributed by atoms with van der Waals surface area (Å²) in [6.07, 6.45) is 7.86. The van der Waals surface area contributed by atoms with Gasteiger partial charge in [0.1, 0.15) is 6.04 Å². The Morgan fingerprint density at radius 1 is 1.29 bits per heavy atom. The summed E-state index contributed by atoms with van der Waals surface area (Å²) in [6.45, 7) is 2.44. The molecule has 1 amide bonds. The number of nitrogens with one attached hydrogen (secondary N) is 1. The second-order valence-corrected chi connectivity index (χ2v) is 4.83. The van der Waals surface area contributed by atoms with E-state index in [2.05, 4.69) is 15.5 Å². The Labute approximate surface area is 122 Å². The third kappa shape index (κ3) is 2.65. The van der Waals surface area contributed by atoms with Crippen LogP contribution in [0.15, 0.2) is 49.1 Å². The molecule has 0 bridgehead atoms. The summed E-state index contributed by atoms with van der Waals surface area (Å²) in [5.41, 5.74) is 2.00. The highest BCUT2D eigenvalue weighted by atomic mass is 16.2. The van der Waals surface area contributed by atoms with Gasteiger partial charge in [0, 0.05) is 30.7 Å². The number of aromatic nitrogens is 4. The lowest BCUT2D eigenvalue weighted by atomic mass is 10.2. The van der Waals surface area contributed by atoms with Gasteiger partial charge in [-0.15, -0.1) is 0 Å². The van der Waals surface area contributed by atoms with Crippen molar-refractivity contribution in [1.29, 1.82) is 0 Å². The molecule has 1 N–H and O–H groups in total. The summed E-state index contributed by atoms with van der Waals surface area (Å²) in [7, 11) is 0. The Morgan fingerprint density at radius 2 is 2.19 bits per heavy atom. The van der Waals surface area contributed by atoms with Crippen LogP contribution in [0.1, 0.15) is 24.9 Å². The number of amides is 1. The highest BCUT2D eigenvalue weighted by Gasteiger charge is 2.18. The monoisotopic (exact) mass is 283 g/mol. The molecule has 3 heterocycles. The van der Waals surface area contributed by atoms with Gasteiger partial charge >= 0.3 is 0 Å².